The molecule has 2 atom stereocenters. The minimum Gasteiger partial charge on any atom is -0.480 e. The lowest BCUT2D eigenvalue weighted by Gasteiger charge is -2.19. The number of anilines is 1. The van der Waals surface area contributed by atoms with Crippen LogP contribution in [0.4, 0.5) is 5.69 Å². The number of amides is 2. The molecule has 7 heteroatoms. The second kappa shape index (κ2) is 8.66. The molecule has 0 spiro atoms. The maximum Gasteiger partial charge on any atom is 0.326 e. The molecule has 2 rings (SSSR count). The van der Waals surface area contributed by atoms with Gasteiger partial charge in [0.05, 0.1) is 0 Å². The minimum atomic E-state index is -1.14. The molecule has 0 aliphatic rings. The average molecular weight is 355 g/mol. The summed E-state index contributed by atoms with van der Waals surface area (Å²) in [6.07, 6.45) is 0.153. The molecular formula is C19H21N3O4. The molecule has 0 saturated heterocycles. The van der Waals surface area contributed by atoms with Gasteiger partial charge in [-0.2, -0.15) is 0 Å². The molecule has 2 aromatic rings. The molecule has 0 aliphatic heterocycles. The van der Waals surface area contributed by atoms with Crippen LogP contribution in [-0.2, 0) is 16.0 Å². The zero-order valence-electron chi connectivity index (χ0n) is 14.3. The minimum absolute atomic E-state index is 0.153. The number of hydrogen-bond acceptors (Lipinski definition) is 4. The van der Waals surface area contributed by atoms with Gasteiger partial charge in [-0.3, -0.25) is 9.59 Å². The van der Waals surface area contributed by atoms with Gasteiger partial charge in [0.25, 0.3) is 5.91 Å². The van der Waals surface area contributed by atoms with Gasteiger partial charge in [0, 0.05) is 17.7 Å². The zero-order chi connectivity index (χ0) is 19.1. The lowest BCUT2D eigenvalue weighted by Crippen LogP contribution is -2.51. The number of carbonyl (C=O) groups is 3. The van der Waals surface area contributed by atoms with Crippen LogP contribution >= 0.6 is 0 Å². The van der Waals surface area contributed by atoms with Gasteiger partial charge in [0.1, 0.15) is 12.1 Å². The topological polar surface area (TPSA) is 122 Å². The summed E-state index contributed by atoms with van der Waals surface area (Å²) in [5.41, 5.74) is 7.25. The highest BCUT2D eigenvalue weighted by atomic mass is 16.4. The fourth-order valence-corrected chi connectivity index (χ4v) is 2.33. The van der Waals surface area contributed by atoms with Crippen LogP contribution in [-0.4, -0.2) is 35.0 Å². The summed E-state index contributed by atoms with van der Waals surface area (Å²) in [6.45, 7) is 1.49. The Morgan fingerprint density at radius 1 is 1.00 bits per heavy atom. The van der Waals surface area contributed by atoms with E-state index in [0.717, 1.165) is 5.56 Å². The molecule has 0 saturated carbocycles. The van der Waals surface area contributed by atoms with E-state index in [0.29, 0.717) is 11.3 Å². The molecule has 0 aromatic heterocycles. The molecular weight excluding hydrogens is 334 g/mol. The maximum atomic E-state index is 12.3. The highest BCUT2D eigenvalue weighted by Crippen LogP contribution is 2.06. The van der Waals surface area contributed by atoms with Crippen LogP contribution < -0.4 is 16.4 Å². The number of hydrogen-bond donors (Lipinski definition) is 4. The van der Waals surface area contributed by atoms with Crippen LogP contribution in [0.15, 0.2) is 54.6 Å². The Labute approximate surface area is 151 Å². The van der Waals surface area contributed by atoms with Crippen LogP contribution in [0.3, 0.4) is 0 Å². The SMILES string of the molecule is C[C@H](NC(=O)c1ccc(N)cc1)C(=O)N[C@@H](Cc1ccccc1)C(=O)O. The number of nitrogens with one attached hydrogen (secondary N) is 2. The van der Waals surface area contributed by atoms with Crippen LogP contribution in [0.1, 0.15) is 22.8 Å². The standard InChI is InChI=1S/C19H21N3O4/c1-12(21-18(24)14-7-9-15(20)10-8-14)17(23)22-16(19(25)26)11-13-5-3-2-4-6-13/h2-10,12,16H,11,20H2,1H3,(H,21,24)(H,22,23)(H,25,26)/t12-,16-/m0/s1. The summed E-state index contributed by atoms with van der Waals surface area (Å²) in [6, 6.07) is 13.3. The van der Waals surface area contributed by atoms with Crippen molar-refractivity contribution in [2.24, 2.45) is 0 Å². The van der Waals surface area contributed by atoms with Crippen molar-refractivity contribution in [3.05, 3.63) is 65.7 Å². The van der Waals surface area contributed by atoms with E-state index in [1.165, 1.54) is 6.92 Å². The molecule has 2 amide bonds. The lowest BCUT2D eigenvalue weighted by molar-refractivity contribution is -0.142. The summed E-state index contributed by atoms with van der Waals surface area (Å²) in [5, 5.41) is 14.3. The third-order valence-corrected chi connectivity index (χ3v) is 3.81. The number of benzene rings is 2. The lowest BCUT2D eigenvalue weighted by atomic mass is 10.1. The van der Waals surface area contributed by atoms with Gasteiger partial charge in [-0.1, -0.05) is 30.3 Å². The van der Waals surface area contributed by atoms with E-state index in [9.17, 15) is 19.5 Å². The van der Waals surface area contributed by atoms with Crippen LogP contribution in [0, 0.1) is 0 Å². The normalized spacial score (nSPS) is 12.7. The molecule has 0 radical (unpaired) electrons. The first-order valence-electron chi connectivity index (χ1n) is 8.10. The van der Waals surface area contributed by atoms with Crippen LogP contribution in [0.25, 0.3) is 0 Å². The van der Waals surface area contributed by atoms with Gasteiger partial charge in [-0.25, -0.2) is 4.79 Å². The second-order valence-corrected chi connectivity index (χ2v) is 5.91. The van der Waals surface area contributed by atoms with Crippen LogP contribution in [0.5, 0.6) is 0 Å². The van der Waals surface area contributed by atoms with Gasteiger partial charge in [0.2, 0.25) is 5.91 Å². The fourth-order valence-electron chi connectivity index (χ4n) is 2.33. The largest absolute Gasteiger partial charge is 0.480 e. The van der Waals surface area contributed by atoms with E-state index in [2.05, 4.69) is 10.6 Å². The van der Waals surface area contributed by atoms with E-state index >= 15 is 0 Å². The Hall–Kier alpha value is -3.35. The number of nitrogen functional groups attached to an aromatic ring is 1. The van der Waals surface area contributed by atoms with E-state index in [1.54, 1.807) is 48.5 Å². The number of carbonyl (C=O) groups excluding carboxylic acids is 2. The molecule has 0 fully saturated rings. The molecule has 7 nitrogen and oxygen atoms in total. The first kappa shape index (κ1) is 19.0. The predicted octanol–water partition coefficient (Wildman–Crippen LogP) is 1.20. The number of rotatable bonds is 7. The van der Waals surface area contributed by atoms with Gasteiger partial charge >= 0.3 is 5.97 Å². The quantitative estimate of drug-likeness (QED) is 0.556. The molecule has 0 aliphatic carbocycles. The van der Waals surface area contributed by atoms with E-state index in [1.807, 2.05) is 6.07 Å². The Morgan fingerprint density at radius 3 is 2.19 bits per heavy atom. The number of carboxylic acid groups (broad SMARTS) is 1. The van der Waals surface area contributed by atoms with Crippen molar-refractivity contribution in [1.82, 2.24) is 10.6 Å². The van der Waals surface area contributed by atoms with E-state index < -0.39 is 29.9 Å². The second-order valence-electron chi connectivity index (χ2n) is 5.91. The Balaban J connectivity index is 1.96. The smallest absolute Gasteiger partial charge is 0.326 e. The Kier molecular flexibility index (Phi) is 6.32. The van der Waals surface area contributed by atoms with Crippen LogP contribution in [0.2, 0.25) is 0 Å². The van der Waals surface area contributed by atoms with Crippen molar-refractivity contribution in [3.63, 3.8) is 0 Å². The van der Waals surface area contributed by atoms with Crippen molar-refractivity contribution in [1.29, 1.82) is 0 Å². The molecule has 136 valence electrons. The maximum absolute atomic E-state index is 12.3. The van der Waals surface area contributed by atoms with Crippen molar-refractivity contribution in [2.45, 2.75) is 25.4 Å². The van der Waals surface area contributed by atoms with Gasteiger partial charge in [-0.15, -0.1) is 0 Å². The van der Waals surface area contributed by atoms with Gasteiger partial charge in [0.15, 0.2) is 0 Å². The summed E-state index contributed by atoms with van der Waals surface area (Å²) in [4.78, 5) is 35.8. The fraction of sp³-hybridized carbons (Fsp3) is 0.211. The van der Waals surface area contributed by atoms with Crippen molar-refractivity contribution in [3.8, 4) is 0 Å². The number of carboxylic acids is 1. The summed E-state index contributed by atoms with van der Waals surface area (Å²) < 4.78 is 0. The van der Waals surface area contributed by atoms with Gasteiger partial charge in [-0.05, 0) is 36.8 Å². The number of nitrogens with two attached hydrogens (primary N) is 1. The summed E-state index contributed by atoms with van der Waals surface area (Å²) >= 11 is 0. The molecule has 26 heavy (non-hydrogen) atoms. The monoisotopic (exact) mass is 355 g/mol. The highest BCUT2D eigenvalue weighted by molar-refractivity contribution is 5.98. The first-order valence-corrected chi connectivity index (χ1v) is 8.10. The highest BCUT2D eigenvalue weighted by Gasteiger charge is 2.24. The Bertz CT molecular complexity index is 775. The number of aliphatic carboxylic acids is 1. The first-order chi connectivity index (χ1) is 12.4. The molecule has 0 unspecified atom stereocenters. The average Bonchev–Trinajstić information content (AvgIpc) is 2.62. The summed E-state index contributed by atoms with van der Waals surface area (Å²) in [7, 11) is 0. The third-order valence-electron chi connectivity index (χ3n) is 3.81. The third kappa shape index (κ3) is 5.34. The molecule has 2 aromatic carbocycles. The van der Waals surface area contributed by atoms with E-state index in [4.69, 9.17) is 5.73 Å². The predicted molar refractivity (Wildman–Crippen MR) is 97.5 cm³/mol. The Morgan fingerprint density at radius 2 is 1.62 bits per heavy atom. The molecule has 0 bridgehead atoms. The van der Waals surface area contributed by atoms with E-state index in [-0.39, 0.29) is 6.42 Å². The molecule has 0 heterocycles. The zero-order valence-corrected chi connectivity index (χ0v) is 14.3. The van der Waals surface area contributed by atoms with Gasteiger partial charge < -0.3 is 21.5 Å². The van der Waals surface area contributed by atoms with Crippen molar-refractivity contribution < 1.29 is 19.5 Å². The summed E-state index contributed by atoms with van der Waals surface area (Å²) in [5.74, 6) is -2.15. The molecule has 5 N–H and O–H groups in total. The van der Waals surface area contributed by atoms with Crippen molar-refractivity contribution >= 4 is 23.5 Å². The van der Waals surface area contributed by atoms with Crippen molar-refractivity contribution in [2.75, 3.05) is 5.73 Å².